The standard InChI is InChI=1S/C12H10F3N3OS/c1-2-5-17-10(19)9-8(16)6-3-4-7(12(13,14)15)18-11(6)20-9/h2-4H,1,5,16H2,(H,17,19). The second kappa shape index (κ2) is 5.12. The molecule has 0 radical (unpaired) electrons. The number of nitrogens with two attached hydrogens (primary N) is 1. The minimum Gasteiger partial charge on any atom is -0.397 e. The van der Waals surface area contributed by atoms with Crippen LogP contribution in [0.1, 0.15) is 15.4 Å². The van der Waals surface area contributed by atoms with E-state index in [4.69, 9.17) is 5.73 Å². The Morgan fingerprint density at radius 2 is 2.20 bits per heavy atom. The number of pyridine rings is 1. The molecule has 0 atom stereocenters. The molecule has 0 saturated carbocycles. The Morgan fingerprint density at radius 3 is 2.80 bits per heavy atom. The third-order valence-corrected chi connectivity index (χ3v) is 3.61. The van der Waals surface area contributed by atoms with Crippen molar-refractivity contribution in [1.82, 2.24) is 10.3 Å². The van der Waals surface area contributed by atoms with Crippen molar-refractivity contribution < 1.29 is 18.0 Å². The van der Waals surface area contributed by atoms with Gasteiger partial charge in [0, 0.05) is 11.9 Å². The lowest BCUT2D eigenvalue weighted by atomic mass is 10.2. The number of aromatic nitrogens is 1. The summed E-state index contributed by atoms with van der Waals surface area (Å²) in [5, 5.41) is 2.86. The van der Waals surface area contributed by atoms with Gasteiger partial charge in [-0.05, 0) is 12.1 Å². The first-order valence-corrected chi connectivity index (χ1v) is 6.31. The maximum absolute atomic E-state index is 12.6. The number of amides is 1. The average Bonchev–Trinajstić information content (AvgIpc) is 2.72. The van der Waals surface area contributed by atoms with Gasteiger partial charge in [0.05, 0.1) is 5.69 Å². The van der Waals surface area contributed by atoms with Crippen molar-refractivity contribution in [2.24, 2.45) is 0 Å². The molecule has 3 N–H and O–H groups in total. The number of halogens is 3. The molecule has 8 heteroatoms. The van der Waals surface area contributed by atoms with Gasteiger partial charge in [0.1, 0.15) is 15.4 Å². The van der Waals surface area contributed by atoms with Gasteiger partial charge in [-0.2, -0.15) is 13.2 Å². The number of nitrogen functional groups attached to an aromatic ring is 1. The van der Waals surface area contributed by atoms with Crippen LogP contribution < -0.4 is 11.1 Å². The quantitative estimate of drug-likeness (QED) is 0.857. The fraction of sp³-hybridized carbons (Fsp3) is 0.167. The monoisotopic (exact) mass is 301 g/mol. The molecule has 0 aromatic carbocycles. The molecule has 1 amide bonds. The number of hydrogen-bond donors (Lipinski definition) is 2. The summed E-state index contributed by atoms with van der Waals surface area (Å²) in [6, 6.07) is 2.07. The fourth-order valence-electron chi connectivity index (χ4n) is 1.57. The lowest BCUT2D eigenvalue weighted by Gasteiger charge is -2.04. The summed E-state index contributed by atoms with van der Waals surface area (Å²) < 4.78 is 37.7. The van der Waals surface area contributed by atoms with Crippen LogP contribution in [0.3, 0.4) is 0 Å². The smallest absolute Gasteiger partial charge is 0.397 e. The molecule has 20 heavy (non-hydrogen) atoms. The molecule has 2 rings (SSSR count). The second-order valence-corrected chi connectivity index (χ2v) is 4.89. The van der Waals surface area contributed by atoms with Crippen LogP contribution in [0, 0.1) is 0 Å². The van der Waals surface area contributed by atoms with Gasteiger partial charge in [0.2, 0.25) is 0 Å². The molecule has 0 unspecified atom stereocenters. The molecule has 2 heterocycles. The van der Waals surface area contributed by atoms with E-state index >= 15 is 0 Å². The summed E-state index contributed by atoms with van der Waals surface area (Å²) in [4.78, 5) is 15.5. The van der Waals surface area contributed by atoms with Crippen molar-refractivity contribution in [3.8, 4) is 0 Å². The zero-order valence-corrected chi connectivity index (χ0v) is 10.9. The molecule has 0 bridgehead atoms. The predicted octanol–water partition coefficient (Wildman–Crippen LogP) is 2.81. The number of thiophene rings is 1. The van der Waals surface area contributed by atoms with Crippen molar-refractivity contribution in [1.29, 1.82) is 0 Å². The highest BCUT2D eigenvalue weighted by Crippen LogP contribution is 2.35. The molecule has 0 spiro atoms. The Balaban J connectivity index is 2.47. The van der Waals surface area contributed by atoms with Gasteiger partial charge < -0.3 is 11.1 Å². The van der Waals surface area contributed by atoms with E-state index < -0.39 is 17.8 Å². The largest absolute Gasteiger partial charge is 0.433 e. The molecule has 2 aromatic heterocycles. The molecule has 0 aliphatic rings. The zero-order valence-electron chi connectivity index (χ0n) is 10.1. The lowest BCUT2D eigenvalue weighted by Crippen LogP contribution is -2.22. The number of carbonyl (C=O) groups excluding carboxylic acids is 1. The topological polar surface area (TPSA) is 68.0 Å². The Morgan fingerprint density at radius 1 is 1.50 bits per heavy atom. The molecule has 0 aliphatic carbocycles. The van der Waals surface area contributed by atoms with Crippen LogP contribution in [0.2, 0.25) is 0 Å². The summed E-state index contributed by atoms with van der Waals surface area (Å²) in [7, 11) is 0. The lowest BCUT2D eigenvalue weighted by molar-refractivity contribution is -0.140. The molecule has 0 saturated heterocycles. The number of nitrogens with one attached hydrogen (secondary N) is 1. The first kappa shape index (κ1) is 14.3. The van der Waals surface area contributed by atoms with Crippen LogP contribution in [0.15, 0.2) is 24.8 Å². The maximum Gasteiger partial charge on any atom is 0.433 e. The Labute approximate surface area is 116 Å². The predicted molar refractivity (Wildman–Crippen MR) is 71.6 cm³/mol. The first-order chi connectivity index (χ1) is 9.34. The summed E-state index contributed by atoms with van der Waals surface area (Å²) in [6.07, 6.45) is -3.04. The number of carbonyl (C=O) groups is 1. The van der Waals surface area contributed by atoms with Crippen LogP contribution in [0.4, 0.5) is 18.9 Å². The third-order valence-electron chi connectivity index (χ3n) is 2.50. The Bertz CT molecular complexity index is 678. The number of rotatable bonds is 3. The van der Waals surface area contributed by atoms with Gasteiger partial charge in [-0.25, -0.2) is 4.98 Å². The van der Waals surface area contributed by atoms with E-state index in [-0.39, 0.29) is 21.9 Å². The van der Waals surface area contributed by atoms with E-state index in [1.54, 1.807) is 0 Å². The molecule has 2 aromatic rings. The summed E-state index contributed by atoms with van der Waals surface area (Å²) in [6.45, 7) is 3.69. The molecular weight excluding hydrogens is 291 g/mol. The molecule has 0 aliphatic heterocycles. The summed E-state index contributed by atoms with van der Waals surface area (Å²) in [5.41, 5.74) is 4.90. The Kier molecular flexibility index (Phi) is 3.67. The van der Waals surface area contributed by atoms with Gasteiger partial charge in [0.15, 0.2) is 0 Å². The molecule has 0 fully saturated rings. The molecule has 4 nitrogen and oxygen atoms in total. The van der Waals surface area contributed by atoms with Gasteiger partial charge in [-0.15, -0.1) is 17.9 Å². The van der Waals surface area contributed by atoms with Gasteiger partial charge in [-0.3, -0.25) is 4.79 Å². The summed E-state index contributed by atoms with van der Waals surface area (Å²) >= 11 is 0.830. The average molecular weight is 301 g/mol. The number of nitrogens with zero attached hydrogens (tertiary/aromatic N) is 1. The zero-order chi connectivity index (χ0) is 14.9. The van der Waals surface area contributed by atoms with Crippen LogP contribution >= 0.6 is 11.3 Å². The van der Waals surface area contributed by atoms with Crippen molar-refractivity contribution in [2.45, 2.75) is 6.18 Å². The van der Waals surface area contributed by atoms with Crippen LogP contribution in [-0.2, 0) is 6.18 Å². The van der Waals surface area contributed by atoms with Gasteiger partial charge in [0.25, 0.3) is 5.91 Å². The van der Waals surface area contributed by atoms with E-state index in [2.05, 4.69) is 16.9 Å². The normalized spacial score (nSPS) is 11.6. The third kappa shape index (κ3) is 2.60. The first-order valence-electron chi connectivity index (χ1n) is 5.50. The second-order valence-electron chi connectivity index (χ2n) is 3.89. The van der Waals surface area contributed by atoms with Crippen molar-refractivity contribution in [3.63, 3.8) is 0 Å². The minimum absolute atomic E-state index is 0.0843. The van der Waals surface area contributed by atoms with E-state index in [1.165, 1.54) is 12.1 Å². The van der Waals surface area contributed by atoms with Crippen molar-refractivity contribution >= 4 is 33.1 Å². The summed E-state index contributed by atoms with van der Waals surface area (Å²) in [5.74, 6) is -0.459. The number of hydrogen-bond acceptors (Lipinski definition) is 4. The minimum atomic E-state index is -4.53. The van der Waals surface area contributed by atoms with E-state index in [0.717, 1.165) is 17.4 Å². The SMILES string of the molecule is C=CCNC(=O)c1sc2nc(C(F)(F)F)ccc2c1N. The highest BCUT2D eigenvalue weighted by atomic mass is 32.1. The van der Waals surface area contributed by atoms with Crippen LogP contribution in [0.25, 0.3) is 10.2 Å². The highest BCUT2D eigenvalue weighted by molar-refractivity contribution is 7.21. The van der Waals surface area contributed by atoms with Gasteiger partial charge >= 0.3 is 6.18 Å². The van der Waals surface area contributed by atoms with Crippen LogP contribution in [0.5, 0.6) is 0 Å². The fourth-order valence-corrected chi connectivity index (χ4v) is 2.58. The van der Waals surface area contributed by atoms with E-state index in [9.17, 15) is 18.0 Å². The number of anilines is 1. The maximum atomic E-state index is 12.6. The van der Waals surface area contributed by atoms with E-state index in [0.29, 0.717) is 5.39 Å². The van der Waals surface area contributed by atoms with Crippen LogP contribution in [-0.4, -0.2) is 17.4 Å². The molecule has 106 valence electrons. The Hall–Kier alpha value is -2.09. The molecular formula is C12H10F3N3OS. The van der Waals surface area contributed by atoms with Gasteiger partial charge in [-0.1, -0.05) is 6.08 Å². The van der Waals surface area contributed by atoms with E-state index in [1.807, 2.05) is 0 Å². The van der Waals surface area contributed by atoms with Crippen molar-refractivity contribution in [2.75, 3.05) is 12.3 Å². The number of fused-ring (bicyclic) bond motifs is 1. The highest BCUT2D eigenvalue weighted by Gasteiger charge is 2.33. The van der Waals surface area contributed by atoms with Crippen molar-refractivity contribution in [3.05, 3.63) is 35.4 Å². The number of alkyl halides is 3.